The number of methoxy groups -OCH3 is 1. The number of esters is 1. The Hall–Kier alpha value is -2.22. The molecule has 0 spiro atoms. The van der Waals surface area contributed by atoms with Crippen LogP contribution in [0, 0.1) is 10.1 Å². The molecule has 1 aliphatic heterocycles. The van der Waals surface area contributed by atoms with E-state index < -0.39 is 10.9 Å². The highest BCUT2D eigenvalue weighted by Gasteiger charge is 2.23. The van der Waals surface area contributed by atoms with Crippen LogP contribution in [0.15, 0.2) is 12.3 Å². The van der Waals surface area contributed by atoms with Gasteiger partial charge < -0.3 is 15.0 Å². The van der Waals surface area contributed by atoms with Crippen molar-refractivity contribution in [2.75, 3.05) is 32.6 Å². The summed E-state index contributed by atoms with van der Waals surface area (Å²) in [7, 11) is 3.25. The van der Waals surface area contributed by atoms with Crippen LogP contribution in [0.3, 0.4) is 0 Å². The van der Waals surface area contributed by atoms with Gasteiger partial charge in [0, 0.05) is 24.8 Å². The third kappa shape index (κ3) is 3.46. The molecular weight excluding hydrogens is 276 g/mol. The zero-order valence-electron chi connectivity index (χ0n) is 12.0. The Morgan fingerprint density at radius 2 is 2.43 bits per heavy atom. The van der Waals surface area contributed by atoms with Crippen LogP contribution in [0.1, 0.15) is 23.2 Å². The highest BCUT2D eigenvalue weighted by atomic mass is 16.6. The molecule has 8 heteroatoms. The summed E-state index contributed by atoms with van der Waals surface area (Å²) in [4.78, 5) is 28.1. The lowest BCUT2D eigenvalue weighted by Gasteiger charge is -2.19. The third-order valence-electron chi connectivity index (χ3n) is 3.66. The molecule has 0 amide bonds. The van der Waals surface area contributed by atoms with E-state index in [2.05, 4.69) is 19.9 Å². The largest absolute Gasteiger partial charge is 0.465 e. The van der Waals surface area contributed by atoms with Crippen LogP contribution in [0.25, 0.3) is 0 Å². The number of likely N-dealkylation sites (N-methyl/N-ethyl adjacent to an activating group) is 1. The minimum atomic E-state index is -0.646. The number of hydrogen-bond acceptors (Lipinski definition) is 7. The molecule has 1 N–H and O–H groups in total. The van der Waals surface area contributed by atoms with E-state index in [1.165, 1.54) is 19.4 Å². The van der Waals surface area contributed by atoms with Crippen molar-refractivity contribution in [2.45, 2.75) is 18.9 Å². The molecule has 1 unspecified atom stereocenters. The quantitative estimate of drug-likeness (QED) is 0.496. The maximum Gasteiger partial charge on any atom is 0.339 e. The van der Waals surface area contributed by atoms with E-state index in [1.807, 2.05) is 7.05 Å². The fourth-order valence-electron chi connectivity index (χ4n) is 2.41. The van der Waals surface area contributed by atoms with Gasteiger partial charge in [-0.25, -0.2) is 9.78 Å². The van der Waals surface area contributed by atoms with Crippen molar-refractivity contribution in [1.82, 2.24) is 9.88 Å². The second-order valence-corrected chi connectivity index (χ2v) is 5.00. The number of carbonyl (C=O) groups excluding carboxylic acids is 1. The molecule has 2 heterocycles. The normalized spacial score (nSPS) is 18.5. The Morgan fingerprint density at radius 3 is 3.00 bits per heavy atom. The van der Waals surface area contributed by atoms with Gasteiger partial charge in [-0.3, -0.25) is 10.1 Å². The van der Waals surface area contributed by atoms with Gasteiger partial charge in [-0.2, -0.15) is 0 Å². The van der Waals surface area contributed by atoms with Gasteiger partial charge in [-0.15, -0.1) is 0 Å². The summed E-state index contributed by atoms with van der Waals surface area (Å²) in [6.07, 6.45) is 3.46. The lowest BCUT2D eigenvalue weighted by Crippen LogP contribution is -2.31. The molecule has 0 aromatic carbocycles. The molecule has 0 aliphatic carbocycles. The Balaban J connectivity index is 2.14. The first kappa shape index (κ1) is 15.2. The molecule has 0 radical (unpaired) electrons. The van der Waals surface area contributed by atoms with Crippen LogP contribution in [-0.2, 0) is 4.74 Å². The smallest absolute Gasteiger partial charge is 0.339 e. The fraction of sp³-hybridized carbons (Fsp3) is 0.538. The van der Waals surface area contributed by atoms with Crippen molar-refractivity contribution in [3.63, 3.8) is 0 Å². The SMILES string of the molecule is COC(=O)c1cnc(NCC2CCCN2C)c([N+](=O)[O-])c1. The molecule has 0 saturated carbocycles. The zero-order chi connectivity index (χ0) is 15.4. The average molecular weight is 294 g/mol. The van der Waals surface area contributed by atoms with Gasteiger partial charge in [0.05, 0.1) is 17.6 Å². The number of anilines is 1. The first-order valence-electron chi connectivity index (χ1n) is 6.69. The maximum atomic E-state index is 11.4. The highest BCUT2D eigenvalue weighted by Crippen LogP contribution is 2.24. The van der Waals surface area contributed by atoms with Crippen molar-refractivity contribution in [1.29, 1.82) is 0 Å². The molecule has 1 saturated heterocycles. The number of carbonyl (C=O) groups is 1. The van der Waals surface area contributed by atoms with Gasteiger partial charge in [0.2, 0.25) is 5.82 Å². The number of rotatable bonds is 5. The molecule has 21 heavy (non-hydrogen) atoms. The standard InChI is InChI=1S/C13H18N4O4/c1-16-5-3-4-10(16)8-15-12-11(17(19)20)6-9(7-14-12)13(18)21-2/h6-7,10H,3-5,8H2,1-2H3,(H,14,15). The number of hydrogen-bond donors (Lipinski definition) is 1. The summed E-state index contributed by atoms with van der Waals surface area (Å²) >= 11 is 0. The summed E-state index contributed by atoms with van der Waals surface area (Å²) in [5.41, 5.74) is -0.161. The topological polar surface area (TPSA) is 97.6 Å². The molecule has 114 valence electrons. The maximum absolute atomic E-state index is 11.4. The number of ether oxygens (including phenoxy) is 1. The first-order chi connectivity index (χ1) is 10.0. The van der Waals surface area contributed by atoms with Crippen LogP contribution in [0.4, 0.5) is 11.5 Å². The summed E-state index contributed by atoms with van der Waals surface area (Å²) in [6.45, 7) is 1.62. The first-order valence-corrected chi connectivity index (χ1v) is 6.69. The number of nitrogens with zero attached hydrogens (tertiary/aromatic N) is 3. The lowest BCUT2D eigenvalue weighted by atomic mass is 10.2. The minimum Gasteiger partial charge on any atom is -0.465 e. The monoisotopic (exact) mass is 294 g/mol. The number of aromatic nitrogens is 1. The van der Waals surface area contributed by atoms with Gasteiger partial charge in [0.25, 0.3) is 0 Å². The van der Waals surface area contributed by atoms with E-state index in [0.717, 1.165) is 19.4 Å². The summed E-state index contributed by atoms with van der Waals surface area (Å²) in [5, 5.41) is 14.1. The van der Waals surface area contributed by atoms with Gasteiger partial charge in [0.1, 0.15) is 0 Å². The highest BCUT2D eigenvalue weighted by molar-refractivity contribution is 5.90. The van der Waals surface area contributed by atoms with E-state index in [9.17, 15) is 14.9 Å². The van der Waals surface area contributed by atoms with E-state index in [1.54, 1.807) is 0 Å². The Bertz CT molecular complexity index is 549. The molecule has 1 aromatic heterocycles. The van der Waals surface area contributed by atoms with Crippen molar-refractivity contribution in [3.05, 3.63) is 27.9 Å². The summed E-state index contributed by atoms with van der Waals surface area (Å²) in [6, 6.07) is 1.52. The van der Waals surface area contributed by atoms with E-state index in [-0.39, 0.29) is 17.1 Å². The minimum absolute atomic E-state index is 0.0627. The molecule has 8 nitrogen and oxygen atoms in total. The van der Waals surface area contributed by atoms with Gasteiger partial charge >= 0.3 is 11.7 Å². The number of likely N-dealkylation sites (tertiary alicyclic amines) is 1. The Kier molecular flexibility index (Phi) is 4.69. The van der Waals surface area contributed by atoms with Crippen LogP contribution in [0.2, 0.25) is 0 Å². The van der Waals surface area contributed by atoms with Crippen LogP contribution < -0.4 is 5.32 Å². The molecular formula is C13H18N4O4. The second kappa shape index (κ2) is 6.49. The van der Waals surface area contributed by atoms with Gasteiger partial charge in [0.15, 0.2) is 0 Å². The zero-order valence-corrected chi connectivity index (χ0v) is 12.0. The summed E-state index contributed by atoms with van der Waals surface area (Å²) in [5.74, 6) is -0.472. The number of nitro groups is 1. The van der Waals surface area contributed by atoms with E-state index in [4.69, 9.17) is 0 Å². The Morgan fingerprint density at radius 1 is 1.67 bits per heavy atom. The third-order valence-corrected chi connectivity index (χ3v) is 3.66. The van der Waals surface area contributed by atoms with Crippen LogP contribution in [-0.4, -0.2) is 54.1 Å². The van der Waals surface area contributed by atoms with Crippen LogP contribution >= 0.6 is 0 Å². The fourth-order valence-corrected chi connectivity index (χ4v) is 2.41. The predicted molar refractivity (Wildman–Crippen MR) is 76.4 cm³/mol. The number of nitrogens with one attached hydrogen (secondary N) is 1. The van der Waals surface area contributed by atoms with Crippen LogP contribution in [0.5, 0.6) is 0 Å². The molecule has 2 rings (SSSR count). The molecule has 1 aliphatic rings. The second-order valence-electron chi connectivity index (χ2n) is 5.00. The van der Waals surface area contributed by atoms with Crippen molar-refractivity contribution >= 4 is 17.5 Å². The van der Waals surface area contributed by atoms with Crippen molar-refractivity contribution in [3.8, 4) is 0 Å². The molecule has 1 atom stereocenters. The molecule has 1 fully saturated rings. The van der Waals surface area contributed by atoms with Gasteiger partial charge in [-0.05, 0) is 26.4 Å². The average Bonchev–Trinajstić information content (AvgIpc) is 2.89. The lowest BCUT2D eigenvalue weighted by molar-refractivity contribution is -0.384. The van der Waals surface area contributed by atoms with E-state index in [0.29, 0.717) is 12.6 Å². The molecule has 1 aromatic rings. The summed E-state index contributed by atoms with van der Waals surface area (Å²) < 4.78 is 4.54. The Labute approximate surface area is 122 Å². The van der Waals surface area contributed by atoms with Gasteiger partial charge in [-0.1, -0.05) is 0 Å². The van der Waals surface area contributed by atoms with E-state index >= 15 is 0 Å². The van der Waals surface area contributed by atoms with Crippen molar-refractivity contribution < 1.29 is 14.5 Å². The number of pyridine rings is 1. The molecule has 0 bridgehead atoms. The predicted octanol–water partition coefficient (Wildman–Crippen LogP) is 1.28. The van der Waals surface area contributed by atoms with Crippen molar-refractivity contribution in [2.24, 2.45) is 0 Å².